The van der Waals surface area contributed by atoms with Crippen molar-refractivity contribution in [3.8, 4) is 0 Å². The minimum atomic E-state index is 0.234. The summed E-state index contributed by atoms with van der Waals surface area (Å²) < 4.78 is 0.881. The molecule has 1 N–H and O–H groups in total. The highest BCUT2D eigenvalue weighted by molar-refractivity contribution is 7.16. The number of rotatable bonds is 3. The third-order valence-electron chi connectivity index (χ3n) is 2.58. The fourth-order valence-corrected chi connectivity index (χ4v) is 3.10. The Morgan fingerprint density at radius 3 is 2.44 bits per heavy atom. The Balaban J connectivity index is 2.37. The average molecular weight is 252 g/mol. The van der Waals surface area contributed by atoms with Crippen LogP contribution < -0.4 is 5.32 Å². The van der Waals surface area contributed by atoms with Gasteiger partial charge in [0.1, 0.15) is 0 Å². The van der Waals surface area contributed by atoms with E-state index in [0.717, 1.165) is 9.90 Å². The van der Waals surface area contributed by atoms with Crippen molar-refractivity contribution in [2.75, 3.05) is 7.05 Å². The van der Waals surface area contributed by atoms with Crippen LogP contribution in [0.3, 0.4) is 0 Å². The lowest BCUT2D eigenvalue weighted by Gasteiger charge is -2.14. The molecule has 1 aromatic heterocycles. The largest absolute Gasteiger partial charge is 0.309 e. The van der Waals surface area contributed by atoms with Gasteiger partial charge in [0.25, 0.3) is 0 Å². The summed E-state index contributed by atoms with van der Waals surface area (Å²) in [6.07, 6.45) is 0. The number of aryl methyl sites for hydroxylation is 1. The van der Waals surface area contributed by atoms with Crippen LogP contribution in [0.5, 0.6) is 0 Å². The Morgan fingerprint density at radius 2 is 1.94 bits per heavy atom. The number of thiophene rings is 1. The van der Waals surface area contributed by atoms with Crippen molar-refractivity contribution in [2.24, 2.45) is 0 Å². The minimum absolute atomic E-state index is 0.234. The van der Waals surface area contributed by atoms with Gasteiger partial charge < -0.3 is 5.32 Å². The first kappa shape index (κ1) is 11.6. The maximum absolute atomic E-state index is 6.11. The lowest BCUT2D eigenvalue weighted by Crippen LogP contribution is -2.16. The summed E-state index contributed by atoms with van der Waals surface area (Å²) in [5, 5.41) is 3.33. The van der Waals surface area contributed by atoms with Crippen molar-refractivity contribution in [3.05, 3.63) is 56.7 Å². The van der Waals surface area contributed by atoms with Crippen LogP contribution in [0.4, 0.5) is 0 Å². The standard InChI is InChI=1S/C13H14ClNS/c1-9-8-11(16-13(9)14)12(15-2)10-6-4-3-5-7-10/h3-8,12,15H,1-2H3. The van der Waals surface area contributed by atoms with Crippen LogP contribution in [0, 0.1) is 6.92 Å². The second-order valence-electron chi connectivity index (χ2n) is 3.74. The lowest BCUT2D eigenvalue weighted by molar-refractivity contribution is 0.703. The summed E-state index contributed by atoms with van der Waals surface area (Å²) in [7, 11) is 1.97. The fraction of sp³-hybridized carbons (Fsp3) is 0.231. The summed E-state index contributed by atoms with van der Waals surface area (Å²) in [4.78, 5) is 1.26. The smallest absolute Gasteiger partial charge is 0.0961 e. The Morgan fingerprint density at radius 1 is 1.25 bits per heavy atom. The zero-order valence-electron chi connectivity index (χ0n) is 9.33. The van der Waals surface area contributed by atoms with Gasteiger partial charge in [-0.3, -0.25) is 0 Å². The summed E-state index contributed by atoms with van der Waals surface area (Å²) in [6, 6.07) is 12.8. The van der Waals surface area contributed by atoms with Crippen molar-refractivity contribution in [1.82, 2.24) is 5.32 Å². The molecule has 0 spiro atoms. The van der Waals surface area contributed by atoms with Crippen LogP contribution in [0.1, 0.15) is 22.0 Å². The number of halogens is 1. The van der Waals surface area contributed by atoms with E-state index in [1.165, 1.54) is 10.4 Å². The van der Waals surface area contributed by atoms with E-state index in [1.54, 1.807) is 11.3 Å². The van der Waals surface area contributed by atoms with Gasteiger partial charge in [-0.1, -0.05) is 41.9 Å². The molecule has 0 fully saturated rings. The Labute approximate surface area is 105 Å². The lowest BCUT2D eigenvalue weighted by atomic mass is 10.1. The zero-order chi connectivity index (χ0) is 11.5. The van der Waals surface area contributed by atoms with Gasteiger partial charge in [-0.15, -0.1) is 11.3 Å². The maximum Gasteiger partial charge on any atom is 0.0961 e. The molecule has 2 rings (SSSR count). The first-order valence-electron chi connectivity index (χ1n) is 5.20. The van der Waals surface area contributed by atoms with Crippen molar-refractivity contribution < 1.29 is 0 Å². The van der Waals surface area contributed by atoms with Crippen molar-refractivity contribution >= 4 is 22.9 Å². The molecule has 16 heavy (non-hydrogen) atoms. The highest BCUT2D eigenvalue weighted by atomic mass is 35.5. The van der Waals surface area contributed by atoms with Crippen molar-refractivity contribution in [2.45, 2.75) is 13.0 Å². The number of nitrogens with one attached hydrogen (secondary N) is 1. The molecular weight excluding hydrogens is 238 g/mol. The molecule has 0 aliphatic rings. The molecule has 1 atom stereocenters. The summed E-state index contributed by atoms with van der Waals surface area (Å²) in [5.74, 6) is 0. The van der Waals surface area contributed by atoms with Gasteiger partial charge in [0.05, 0.1) is 10.4 Å². The van der Waals surface area contributed by atoms with E-state index in [0.29, 0.717) is 0 Å². The van der Waals surface area contributed by atoms with E-state index in [-0.39, 0.29) is 6.04 Å². The van der Waals surface area contributed by atoms with Crippen LogP contribution in [0.2, 0.25) is 4.34 Å². The van der Waals surface area contributed by atoms with Crippen LogP contribution in [0.25, 0.3) is 0 Å². The van der Waals surface area contributed by atoms with E-state index in [4.69, 9.17) is 11.6 Å². The van der Waals surface area contributed by atoms with Crippen molar-refractivity contribution in [3.63, 3.8) is 0 Å². The van der Waals surface area contributed by atoms with Crippen molar-refractivity contribution in [1.29, 1.82) is 0 Å². The van der Waals surface area contributed by atoms with Crippen LogP contribution in [-0.2, 0) is 0 Å². The third-order valence-corrected chi connectivity index (χ3v) is 4.20. The second kappa shape index (κ2) is 5.00. The first-order chi connectivity index (χ1) is 7.72. The Hall–Kier alpha value is -0.830. The van der Waals surface area contributed by atoms with Gasteiger partial charge in [0, 0.05) is 4.88 Å². The van der Waals surface area contributed by atoms with Crippen LogP contribution >= 0.6 is 22.9 Å². The first-order valence-corrected chi connectivity index (χ1v) is 6.40. The summed E-state index contributed by atoms with van der Waals surface area (Å²) >= 11 is 7.75. The molecular formula is C13H14ClNS. The molecule has 0 amide bonds. The van der Waals surface area contributed by atoms with Gasteiger partial charge in [0.2, 0.25) is 0 Å². The highest BCUT2D eigenvalue weighted by Gasteiger charge is 2.15. The molecule has 1 aromatic carbocycles. The van der Waals surface area contributed by atoms with E-state index in [1.807, 2.05) is 20.0 Å². The predicted molar refractivity (Wildman–Crippen MR) is 71.4 cm³/mol. The topological polar surface area (TPSA) is 12.0 Å². The van der Waals surface area contributed by atoms with Gasteiger partial charge in [-0.2, -0.15) is 0 Å². The SMILES string of the molecule is CNC(c1ccccc1)c1cc(C)c(Cl)s1. The molecule has 0 bridgehead atoms. The number of hydrogen-bond donors (Lipinski definition) is 1. The maximum atomic E-state index is 6.11. The summed E-state index contributed by atoms with van der Waals surface area (Å²) in [5.41, 5.74) is 2.42. The molecule has 1 unspecified atom stereocenters. The molecule has 0 saturated carbocycles. The molecule has 84 valence electrons. The number of benzene rings is 1. The normalized spacial score (nSPS) is 12.7. The summed E-state index contributed by atoms with van der Waals surface area (Å²) in [6.45, 7) is 2.04. The predicted octanol–water partition coefficient (Wildman–Crippen LogP) is 4.02. The molecule has 0 aliphatic carbocycles. The molecule has 0 aliphatic heterocycles. The fourth-order valence-electron chi connectivity index (χ4n) is 1.74. The zero-order valence-corrected chi connectivity index (χ0v) is 10.9. The average Bonchev–Trinajstić information content (AvgIpc) is 2.61. The minimum Gasteiger partial charge on any atom is -0.309 e. The van der Waals surface area contributed by atoms with E-state index in [2.05, 4.69) is 35.6 Å². The quantitative estimate of drug-likeness (QED) is 0.869. The third kappa shape index (κ3) is 2.29. The van der Waals surface area contributed by atoms with Gasteiger partial charge >= 0.3 is 0 Å². The van der Waals surface area contributed by atoms with Gasteiger partial charge in [0.15, 0.2) is 0 Å². The monoisotopic (exact) mass is 251 g/mol. The Bertz CT molecular complexity index is 445. The molecule has 0 saturated heterocycles. The van der Waals surface area contributed by atoms with E-state index < -0.39 is 0 Å². The second-order valence-corrected chi connectivity index (χ2v) is 5.42. The molecule has 1 heterocycles. The van der Waals surface area contributed by atoms with Gasteiger partial charge in [-0.25, -0.2) is 0 Å². The van der Waals surface area contributed by atoms with Crippen LogP contribution in [0.15, 0.2) is 36.4 Å². The van der Waals surface area contributed by atoms with E-state index in [9.17, 15) is 0 Å². The number of hydrogen-bond acceptors (Lipinski definition) is 2. The molecule has 0 radical (unpaired) electrons. The molecule has 2 aromatic rings. The van der Waals surface area contributed by atoms with Crippen LogP contribution in [-0.4, -0.2) is 7.05 Å². The van der Waals surface area contributed by atoms with E-state index >= 15 is 0 Å². The Kier molecular flexibility index (Phi) is 3.64. The molecule has 1 nitrogen and oxygen atoms in total. The van der Waals surface area contributed by atoms with Gasteiger partial charge in [-0.05, 0) is 31.2 Å². The molecule has 3 heteroatoms. The highest BCUT2D eigenvalue weighted by Crippen LogP contribution is 2.33.